The van der Waals surface area contributed by atoms with E-state index in [-0.39, 0.29) is 6.04 Å². The van der Waals surface area contributed by atoms with Gasteiger partial charge in [0.15, 0.2) is 0 Å². The van der Waals surface area contributed by atoms with E-state index >= 15 is 0 Å². The zero-order valence-electron chi connectivity index (χ0n) is 11.5. The maximum atomic E-state index is 11.4. The van der Waals surface area contributed by atoms with Gasteiger partial charge in [-0.1, -0.05) is 12.1 Å². The predicted octanol–water partition coefficient (Wildman–Crippen LogP) is 3.46. The van der Waals surface area contributed by atoms with Gasteiger partial charge in [0.05, 0.1) is 17.7 Å². The van der Waals surface area contributed by atoms with Crippen LogP contribution in [0.4, 0.5) is 0 Å². The molecule has 0 aliphatic carbocycles. The van der Waals surface area contributed by atoms with Crippen LogP contribution in [0.25, 0.3) is 10.9 Å². The highest BCUT2D eigenvalue weighted by Crippen LogP contribution is 2.28. The van der Waals surface area contributed by atoms with E-state index in [0.29, 0.717) is 18.8 Å². The van der Waals surface area contributed by atoms with Crippen molar-refractivity contribution in [3.63, 3.8) is 0 Å². The Labute approximate surface area is 112 Å². The summed E-state index contributed by atoms with van der Waals surface area (Å²) in [6.07, 6.45) is 2.00. The number of carboxylic acids is 1. The number of rotatable bonds is 5. The monoisotopic (exact) mass is 261 g/mol. The van der Waals surface area contributed by atoms with E-state index in [9.17, 15) is 9.90 Å². The number of carboxylic acid groups (broad SMARTS) is 1. The fourth-order valence-corrected chi connectivity index (χ4v) is 2.29. The minimum absolute atomic E-state index is 0.207. The Morgan fingerprint density at radius 2 is 2.16 bits per heavy atom. The minimum Gasteiger partial charge on any atom is -0.478 e. The van der Waals surface area contributed by atoms with E-state index in [1.54, 1.807) is 12.1 Å². The maximum absolute atomic E-state index is 11.4. The molecule has 0 amide bonds. The lowest BCUT2D eigenvalue weighted by atomic mass is 10.1. The number of hydrogen-bond donors (Lipinski definition) is 1. The summed E-state index contributed by atoms with van der Waals surface area (Å²) < 4.78 is 7.47. The third kappa shape index (κ3) is 2.49. The van der Waals surface area contributed by atoms with Crippen LogP contribution in [-0.4, -0.2) is 22.2 Å². The lowest BCUT2D eigenvalue weighted by Gasteiger charge is -2.10. The van der Waals surface area contributed by atoms with E-state index in [2.05, 4.69) is 0 Å². The van der Waals surface area contributed by atoms with Crippen molar-refractivity contribution < 1.29 is 14.6 Å². The normalized spacial score (nSPS) is 11.4. The molecule has 4 nitrogen and oxygen atoms in total. The molecule has 0 saturated heterocycles. The van der Waals surface area contributed by atoms with Gasteiger partial charge >= 0.3 is 5.97 Å². The Morgan fingerprint density at radius 3 is 2.74 bits per heavy atom. The summed E-state index contributed by atoms with van der Waals surface area (Å²) in [7, 11) is 0. The van der Waals surface area contributed by atoms with Crippen LogP contribution in [0, 0.1) is 0 Å². The molecule has 0 radical (unpaired) electrons. The van der Waals surface area contributed by atoms with Crippen molar-refractivity contribution in [2.45, 2.75) is 33.4 Å². The Kier molecular flexibility index (Phi) is 3.90. The molecular weight excluding hydrogens is 242 g/mol. The predicted molar refractivity (Wildman–Crippen MR) is 74.6 cm³/mol. The summed E-state index contributed by atoms with van der Waals surface area (Å²) >= 11 is 0. The quantitative estimate of drug-likeness (QED) is 0.896. The number of benzene rings is 1. The molecule has 0 bridgehead atoms. The molecule has 0 saturated carbocycles. The standard InChI is InChI=1S/C15H19NO3/c1-4-19-9-11-8-16(10(2)3)14-12(11)6-5-7-13(14)15(17)18/h5-8,10H,4,9H2,1-3H3,(H,17,18). The van der Waals surface area contributed by atoms with Crippen molar-refractivity contribution in [3.05, 3.63) is 35.5 Å². The molecule has 19 heavy (non-hydrogen) atoms. The topological polar surface area (TPSA) is 51.5 Å². The van der Waals surface area contributed by atoms with Gasteiger partial charge in [-0.15, -0.1) is 0 Å². The highest BCUT2D eigenvalue weighted by Gasteiger charge is 2.17. The average molecular weight is 261 g/mol. The van der Waals surface area contributed by atoms with E-state index in [0.717, 1.165) is 16.5 Å². The van der Waals surface area contributed by atoms with Crippen LogP contribution >= 0.6 is 0 Å². The molecule has 0 spiro atoms. The van der Waals surface area contributed by atoms with Crippen LogP contribution in [0.15, 0.2) is 24.4 Å². The lowest BCUT2D eigenvalue weighted by molar-refractivity contribution is 0.0698. The van der Waals surface area contributed by atoms with Crippen LogP contribution in [0.1, 0.15) is 42.7 Å². The van der Waals surface area contributed by atoms with Crippen molar-refractivity contribution in [1.29, 1.82) is 0 Å². The van der Waals surface area contributed by atoms with Gasteiger partial charge in [0.25, 0.3) is 0 Å². The fourth-order valence-electron chi connectivity index (χ4n) is 2.29. The number of para-hydroxylation sites is 1. The summed E-state index contributed by atoms with van der Waals surface area (Å²) in [5.74, 6) is -0.895. The Bertz CT molecular complexity index is 599. The molecule has 0 aliphatic heterocycles. The van der Waals surface area contributed by atoms with E-state index < -0.39 is 5.97 Å². The second-order valence-electron chi connectivity index (χ2n) is 4.80. The van der Waals surface area contributed by atoms with Crippen LogP contribution in [-0.2, 0) is 11.3 Å². The molecule has 2 rings (SSSR count). The van der Waals surface area contributed by atoms with Gasteiger partial charge in [0.2, 0.25) is 0 Å². The van der Waals surface area contributed by atoms with Crippen molar-refractivity contribution in [1.82, 2.24) is 4.57 Å². The summed E-state index contributed by atoms with van der Waals surface area (Å²) in [4.78, 5) is 11.4. The van der Waals surface area contributed by atoms with E-state index in [1.165, 1.54) is 0 Å². The second-order valence-corrected chi connectivity index (χ2v) is 4.80. The zero-order valence-corrected chi connectivity index (χ0v) is 11.5. The summed E-state index contributed by atoms with van der Waals surface area (Å²) in [5.41, 5.74) is 2.15. The fraction of sp³-hybridized carbons (Fsp3) is 0.400. The van der Waals surface area contributed by atoms with Gasteiger partial charge in [0.1, 0.15) is 0 Å². The number of aromatic nitrogens is 1. The third-order valence-corrected chi connectivity index (χ3v) is 3.18. The van der Waals surface area contributed by atoms with Gasteiger partial charge in [0, 0.05) is 29.8 Å². The Balaban J connectivity index is 2.67. The first-order valence-corrected chi connectivity index (χ1v) is 6.49. The van der Waals surface area contributed by atoms with Crippen LogP contribution in [0.2, 0.25) is 0 Å². The van der Waals surface area contributed by atoms with Gasteiger partial charge in [-0.25, -0.2) is 4.79 Å². The molecule has 1 N–H and O–H groups in total. The Morgan fingerprint density at radius 1 is 1.42 bits per heavy atom. The molecule has 102 valence electrons. The third-order valence-electron chi connectivity index (χ3n) is 3.18. The lowest BCUT2D eigenvalue weighted by Crippen LogP contribution is -2.04. The number of hydrogen-bond acceptors (Lipinski definition) is 2. The van der Waals surface area contributed by atoms with Gasteiger partial charge in [-0.3, -0.25) is 0 Å². The molecule has 4 heteroatoms. The number of carbonyl (C=O) groups is 1. The molecule has 0 unspecified atom stereocenters. The van der Waals surface area contributed by atoms with Crippen LogP contribution in [0.3, 0.4) is 0 Å². The van der Waals surface area contributed by atoms with Gasteiger partial charge in [-0.05, 0) is 26.8 Å². The summed E-state index contributed by atoms with van der Waals surface area (Å²) in [5, 5.41) is 10.3. The Hall–Kier alpha value is -1.81. The van der Waals surface area contributed by atoms with Gasteiger partial charge < -0.3 is 14.4 Å². The van der Waals surface area contributed by atoms with Crippen LogP contribution < -0.4 is 0 Å². The second kappa shape index (κ2) is 5.45. The maximum Gasteiger partial charge on any atom is 0.337 e. The number of nitrogens with zero attached hydrogens (tertiary/aromatic N) is 1. The molecule has 1 heterocycles. The minimum atomic E-state index is -0.895. The molecule has 1 aromatic heterocycles. The largest absolute Gasteiger partial charge is 0.478 e. The first-order chi connectivity index (χ1) is 9.06. The molecule has 0 atom stereocenters. The van der Waals surface area contributed by atoms with Crippen molar-refractivity contribution in [2.75, 3.05) is 6.61 Å². The van der Waals surface area contributed by atoms with Crippen molar-refractivity contribution >= 4 is 16.9 Å². The zero-order chi connectivity index (χ0) is 14.0. The molecular formula is C15H19NO3. The molecule has 1 aromatic carbocycles. The molecule has 2 aromatic rings. The average Bonchev–Trinajstić information content (AvgIpc) is 2.75. The first kappa shape index (κ1) is 13.6. The highest BCUT2D eigenvalue weighted by atomic mass is 16.5. The van der Waals surface area contributed by atoms with Crippen molar-refractivity contribution in [3.8, 4) is 0 Å². The van der Waals surface area contributed by atoms with E-state index in [4.69, 9.17) is 4.74 Å². The first-order valence-electron chi connectivity index (χ1n) is 6.49. The number of ether oxygens (including phenoxy) is 1. The van der Waals surface area contributed by atoms with E-state index in [1.807, 2.05) is 37.6 Å². The number of aromatic carboxylic acids is 1. The molecule has 0 aliphatic rings. The van der Waals surface area contributed by atoms with Gasteiger partial charge in [-0.2, -0.15) is 0 Å². The smallest absolute Gasteiger partial charge is 0.337 e. The summed E-state index contributed by atoms with van der Waals surface area (Å²) in [6, 6.07) is 5.59. The van der Waals surface area contributed by atoms with Crippen molar-refractivity contribution in [2.24, 2.45) is 0 Å². The van der Waals surface area contributed by atoms with Crippen LogP contribution in [0.5, 0.6) is 0 Å². The molecule has 0 fully saturated rings. The highest BCUT2D eigenvalue weighted by molar-refractivity contribution is 6.03. The summed E-state index contributed by atoms with van der Waals surface area (Å²) in [6.45, 7) is 7.19. The number of fused-ring (bicyclic) bond motifs is 1. The SMILES string of the molecule is CCOCc1cn(C(C)C)c2c(C(=O)O)cccc12.